The molecule has 1 saturated heterocycles. The van der Waals surface area contributed by atoms with Crippen molar-refractivity contribution in [1.82, 2.24) is 4.90 Å². The van der Waals surface area contributed by atoms with E-state index in [1.54, 1.807) is 6.07 Å². The monoisotopic (exact) mass is 321 g/mol. The molecule has 1 aliphatic rings. The van der Waals surface area contributed by atoms with Gasteiger partial charge in [-0.05, 0) is 25.5 Å². The number of hydrogen-bond acceptors (Lipinski definition) is 3. The topological polar surface area (TPSA) is 57.6 Å². The van der Waals surface area contributed by atoms with Crippen LogP contribution in [0.4, 0.5) is 13.2 Å². The van der Waals surface area contributed by atoms with Crippen LogP contribution < -0.4 is 0 Å². The van der Waals surface area contributed by atoms with Gasteiger partial charge >= 0.3 is 12.1 Å². The summed E-state index contributed by atoms with van der Waals surface area (Å²) in [5.74, 6) is -2.39. The van der Waals surface area contributed by atoms with Crippen LogP contribution in [0.5, 0.6) is 0 Å². The summed E-state index contributed by atoms with van der Waals surface area (Å²) in [7, 11) is 0. The van der Waals surface area contributed by atoms with Crippen LogP contribution >= 0.6 is 11.3 Å². The van der Waals surface area contributed by atoms with Crippen molar-refractivity contribution in [3.8, 4) is 0 Å². The number of amides is 1. The quantitative estimate of drug-likeness (QED) is 0.930. The molecule has 116 valence electrons. The van der Waals surface area contributed by atoms with E-state index >= 15 is 0 Å². The van der Waals surface area contributed by atoms with Gasteiger partial charge in [-0.2, -0.15) is 13.2 Å². The highest BCUT2D eigenvalue weighted by molar-refractivity contribution is 7.12. The summed E-state index contributed by atoms with van der Waals surface area (Å²) >= 11 is 1.40. The van der Waals surface area contributed by atoms with E-state index in [1.807, 2.05) is 13.0 Å². The van der Waals surface area contributed by atoms with E-state index in [0.29, 0.717) is 0 Å². The molecule has 1 aliphatic heterocycles. The second kappa shape index (κ2) is 5.32. The summed E-state index contributed by atoms with van der Waals surface area (Å²) in [6.45, 7) is 0.873. The van der Waals surface area contributed by atoms with Crippen molar-refractivity contribution in [2.45, 2.75) is 25.9 Å². The number of halogens is 3. The Morgan fingerprint density at radius 3 is 2.52 bits per heavy atom. The highest BCUT2D eigenvalue weighted by Gasteiger charge is 2.64. The Hall–Kier alpha value is -1.57. The number of alkyl halides is 3. The van der Waals surface area contributed by atoms with Gasteiger partial charge in [0.15, 0.2) is 5.41 Å². The van der Waals surface area contributed by atoms with E-state index in [9.17, 15) is 22.8 Å². The van der Waals surface area contributed by atoms with Gasteiger partial charge in [0.25, 0.3) is 0 Å². The fourth-order valence-corrected chi connectivity index (χ4v) is 3.27. The zero-order valence-electron chi connectivity index (χ0n) is 11.2. The van der Waals surface area contributed by atoms with E-state index in [2.05, 4.69) is 0 Å². The van der Waals surface area contributed by atoms with Gasteiger partial charge in [0.05, 0.1) is 6.42 Å². The molecule has 2 rings (SSSR count). The minimum absolute atomic E-state index is 0.00601. The minimum atomic E-state index is -4.87. The van der Waals surface area contributed by atoms with Gasteiger partial charge in [-0.1, -0.05) is 0 Å². The lowest BCUT2D eigenvalue weighted by Crippen LogP contribution is -2.47. The number of carboxylic acid groups (broad SMARTS) is 1. The van der Waals surface area contributed by atoms with Gasteiger partial charge in [0, 0.05) is 22.8 Å². The van der Waals surface area contributed by atoms with Crippen LogP contribution in [0.25, 0.3) is 0 Å². The molecule has 1 aromatic heterocycles. The number of thiophene rings is 1. The van der Waals surface area contributed by atoms with Crippen molar-refractivity contribution < 1.29 is 27.9 Å². The summed E-state index contributed by atoms with van der Waals surface area (Å²) in [6, 6.07) is 3.58. The number of nitrogens with zero attached hydrogens (tertiary/aromatic N) is 1. The molecule has 0 bridgehead atoms. The normalized spacial score (nSPS) is 22.6. The van der Waals surface area contributed by atoms with Gasteiger partial charge in [0.1, 0.15) is 0 Å². The maximum Gasteiger partial charge on any atom is 0.406 e. The number of hydrogen-bond donors (Lipinski definition) is 1. The van der Waals surface area contributed by atoms with E-state index in [-0.39, 0.29) is 13.0 Å². The smallest absolute Gasteiger partial charge is 0.406 e. The minimum Gasteiger partial charge on any atom is -0.481 e. The van der Waals surface area contributed by atoms with Crippen molar-refractivity contribution in [3.05, 3.63) is 21.9 Å². The second-order valence-corrected chi connectivity index (χ2v) is 6.51. The Morgan fingerprint density at radius 2 is 2.10 bits per heavy atom. The predicted octanol–water partition coefficient (Wildman–Crippen LogP) is 2.46. The fraction of sp³-hybridized carbons (Fsp3) is 0.538. The third-order valence-electron chi connectivity index (χ3n) is 3.70. The van der Waals surface area contributed by atoms with Gasteiger partial charge in [-0.25, -0.2) is 0 Å². The molecule has 1 atom stereocenters. The molecule has 1 aromatic rings. The zero-order chi connectivity index (χ0) is 15.8. The third kappa shape index (κ3) is 2.90. The number of likely N-dealkylation sites (tertiary alicyclic amines) is 1. The molecule has 0 aliphatic carbocycles. The van der Waals surface area contributed by atoms with Crippen molar-refractivity contribution in [2.75, 3.05) is 13.1 Å². The van der Waals surface area contributed by atoms with Crippen LogP contribution in [0.1, 0.15) is 16.2 Å². The Bertz CT molecular complexity index is 569. The highest BCUT2D eigenvalue weighted by atomic mass is 32.1. The second-order valence-electron chi connectivity index (χ2n) is 5.14. The molecule has 1 fully saturated rings. The average molecular weight is 321 g/mol. The van der Waals surface area contributed by atoms with Gasteiger partial charge in [0.2, 0.25) is 5.91 Å². The summed E-state index contributed by atoms with van der Waals surface area (Å²) in [6.07, 6.45) is -5.46. The first kappa shape index (κ1) is 15.8. The first-order chi connectivity index (χ1) is 9.65. The largest absolute Gasteiger partial charge is 0.481 e. The number of aryl methyl sites for hydroxylation is 1. The van der Waals surface area contributed by atoms with Crippen molar-refractivity contribution in [2.24, 2.45) is 5.41 Å². The van der Waals surface area contributed by atoms with E-state index in [4.69, 9.17) is 5.11 Å². The molecule has 0 spiro atoms. The van der Waals surface area contributed by atoms with Crippen molar-refractivity contribution >= 4 is 23.2 Å². The Balaban J connectivity index is 2.10. The number of aliphatic carboxylic acids is 1. The molecule has 4 nitrogen and oxygen atoms in total. The van der Waals surface area contributed by atoms with Crippen molar-refractivity contribution in [1.29, 1.82) is 0 Å². The summed E-state index contributed by atoms with van der Waals surface area (Å²) < 4.78 is 39.1. The molecule has 0 aromatic carbocycles. The van der Waals surface area contributed by atoms with Gasteiger partial charge < -0.3 is 10.0 Å². The first-order valence-electron chi connectivity index (χ1n) is 6.29. The van der Waals surface area contributed by atoms with Crippen LogP contribution in [-0.2, 0) is 16.0 Å². The first-order valence-corrected chi connectivity index (χ1v) is 7.10. The highest BCUT2D eigenvalue weighted by Crippen LogP contribution is 2.45. The van der Waals surface area contributed by atoms with Crippen LogP contribution in [0.2, 0.25) is 0 Å². The van der Waals surface area contributed by atoms with Gasteiger partial charge in [-0.3, -0.25) is 9.59 Å². The summed E-state index contributed by atoms with van der Waals surface area (Å²) in [5.41, 5.74) is -2.84. The lowest BCUT2D eigenvalue weighted by Gasteiger charge is -2.27. The number of carboxylic acids is 1. The number of carbonyl (C=O) groups excluding carboxylic acids is 1. The maximum atomic E-state index is 13.0. The number of carbonyl (C=O) groups is 2. The molecule has 2 heterocycles. The predicted molar refractivity (Wildman–Crippen MR) is 70.1 cm³/mol. The molecule has 1 N–H and O–H groups in total. The van der Waals surface area contributed by atoms with Crippen LogP contribution in [-0.4, -0.2) is 41.1 Å². The molecule has 1 amide bonds. The molecular weight excluding hydrogens is 307 g/mol. The standard InChI is InChI=1S/C13H14F3NO3S/c1-8-2-3-9(21-8)6-10(18)17-5-4-12(7-17,11(19)20)13(14,15)16/h2-3H,4-7H2,1H3,(H,19,20). The molecule has 8 heteroatoms. The molecule has 0 saturated carbocycles. The third-order valence-corrected chi connectivity index (χ3v) is 4.70. The fourth-order valence-electron chi connectivity index (χ4n) is 2.39. The van der Waals surface area contributed by atoms with E-state index in [0.717, 1.165) is 14.7 Å². The molecular formula is C13H14F3NO3S. The molecule has 21 heavy (non-hydrogen) atoms. The summed E-state index contributed by atoms with van der Waals surface area (Å²) in [4.78, 5) is 25.8. The summed E-state index contributed by atoms with van der Waals surface area (Å²) in [5, 5.41) is 8.94. The van der Waals surface area contributed by atoms with Crippen LogP contribution in [0.3, 0.4) is 0 Å². The van der Waals surface area contributed by atoms with Crippen LogP contribution in [0.15, 0.2) is 12.1 Å². The lowest BCUT2D eigenvalue weighted by atomic mass is 9.86. The van der Waals surface area contributed by atoms with Gasteiger partial charge in [-0.15, -0.1) is 11.3 Å². The number of rotatable bonds is 3. The van der Waals surface area contributed by atoms with E-state index in [1.165, 1.54) is 11.3 Å². The molecule has 1 unspecified atom stereocenters. The lowest BCUT2D eigenvalue weighted by molar-refractivity contribution is -0.227. The average Bonchev–Trinajstić information content (AvgIpc) is 2.95. The maximum absolute atomic E-state index is 13.0. The molecule has 0 radical (unpaired) electrons. The SMILES string of the molecule is Cc1ccc(CC(=O)N2CCC(C(=O)O)(C(F)(F)F)C2)s1. The van der Waals surface area contributed by atoms with E-state index < -0.39 is 36.4 Å². The van der Waals surface area contributed by atoms with Crippen LogP contribution in [0, 0.1) is 12.3 Å². The Morgan fingerprint density at radius 1 is 1.43 bits per heavy atom. The Labute approximate surface area is 123 Å². The Kier molecular flexibility index (Phi) is 4.01. The van der Waals surface area contributed by atoms with Crippen molar-refractivity contribution in [3.63, 3.8) is 0 Å². The zero-order valence-corrected chi connectivity index (χ0v) is 12.1.